The van der Waals surface area contributed by atoms with Gasteiger partial charge in [-0.3, -0.25) is 19.2 Å². The van der Waals surface area contributed by atoms with Crippen LogP contribution in [0.1, 0.15) is 189 Å². The Morgan fingerprint density at radius 3 is 1.73 bits per heavy atom. The zero-order valence-corrected chi connectivity index (χ0v) is 44.6. The number of amides is 2. The van der Waals surface area contributed by atoms with Crippen molar-refractivity contribution in [3.05, 3.63) is 70.3 Å². The number of Topliss-reactive ketones (excluding diaryl/α,β-unsaturated/α-hetero) is 2. The molecule has 0 radical (unpaired) electrons. The van der Waals surface area contributed by atoms with Crippen LogP contribution in [-0.2, 0) is 38.6 Å². The number of aryl methyl sites for hydroxylation is 2. The lowest BCUT2D eigenvalue weighted by Crippen LogP contribution is -2.44. The van der Waals surface area contributed by atoms with E-state index in [9.17, 15) is 29.4 Å². The molecule has 1 aliphatic heterocycles. The summed E-state index contributed by atoms with van der Waals surface area (Å²) in [4.78, 5) is 51.8. The Labute approximate surface area is 438 Å². The summed E-state index contributed by atoms with van der Waals surface area (Å²) in [6, 6.07) is 14.0. The van der Waals surface area contributed by atoms with Crippen LogP contribution in [0.5, 0.6) is 34.5 Å². The van der Waals surface area contributed by atoms with Gasteiger partial charge in [0.05, 0.1) is 13.2 Å². The number of nitrogens with one attached hydrogen (secondary N) is 2. The summed E-state index contributed by atoms with van der Waals surface area (Å²) in [5, 5.41) is 27.1. The van der Waals surface area contributed by atoms with E-state index in [0.29, 0.717) is 122 Å². The Morgan fingerprint density at radius 1 is 0.662 bits per heavy atom. The van der Waals surface area contributed by atoms with Crippen LogP contribution in [0.2, 0.25) is 0 Å². The summed E-state index contributed by atoms with van der Waals surface area (Å²) in [5.41, 5.74) is 5.61. The number of benzene rings is 3. The minimum atomic E-state index is -0.259. The van der Waals surface area contributed by atoms with Gasteiger partial charge in [-0.15, -0.1) is 0 Å². The van der Waals surface area contributed by atoms with Crippen molar-refractivity contribution in [1.82, 2.24) is 10.6 Å². The number of phenolic OH excluding ortho intramolecular Hbond substituents is 2. The lowest BCUT2D eigenvalue weighted by Gasteiger charge is -2.50. The maximum atomic E-state index is 13.3. The van der Waals surface area contributed by atoms with Gasteiger partial charge >= 0.3 is 0 Å². The van der Waals surface area contributed by atoms with Crippen molar-refractivity contribution in [3.63, 3.8) is 0 Å². The third-order valence-electron chi connectivity index (χ3n) is 19.8. The standard InChI is InChI=1S/C32H39NO6.C30H43NO4/c1-3-37-27-16-24-20(14-25(27)34)8-9-23-22(24)11-12-32(2)29(35)15-21(31(23)32)5-4-6-30(36)33-17-19-7-10-26-28(13-19)39-18-38-26;1-3-35-26-18-24-19(16-25(26)32)12-13-23-22(24)14-15-30(2)27(33)17-20(29(23)30)8-7-11-28(34)31-21-9-5-4-6-10-21/h7,10,13-14,16,21-23,31,34H,3-6,8-9,11-12,15,17-18H2,1-2H3,(H,33,36);16,18,20-23,29,32H,3-15,17H2,1-2H3,(H,31,34)/t21-,22-,23+,31-,32+;20-,22-,23+,29-,30+/m00/s1. The highest BCUT2D eigenvalue weighted by Gasteiger charge is 2.60. The monoisotopic (exact) mass is 1010 g/mol. The van der Waals surface area contributed by atoms with E-state index in [1.54, 1.807) is 0 Å². The number of phenols is 2. The SMILES string of the molecule is CCOc1cc2c(cc1O)CC[C@H]1[C@@H]3[C@@H](CCCC(=O)NC4CCCCC4)CC(=O)[C@@]3(C)CC[C@H]21.CCOc1cc2c(cc1O)CC[C@H]1[C@@H]3[C@@H](CCCC(=O)NCc4ccc5c(c4)OCO5)CC(=O)[C@@]3(C)CC[C@H]21. The summed E-state index contributed by atoms with van der Waals surface area (Å²) in [5.74, 6) is 7.38. The average Bonchev–Trinajstić information content (AvgIpc) is 4.06. The summed E-state index contributed by atoms with van der Waals surface area (Å²) in [6.07, 6.45) is 19.8. The molecule has 1 heterocycles. The second-order valence-corrected chi connectivity index (χ2v) is 23.9. The van der Waals surface area contributed by atoms with Crippen molar-refractivity contribution in [2.24, 2.45) is 46.3 Å². The molecular formula is C62H82N2O10. The van der Waals surface area contributed by atoms with Crippen LogP contribution in [0.3, 0.4) is 0 Å². The van der Waals surface area contributed by atoms with Gasteiger partial charge in [-0.2, -0.15) is 0 Å². The minimum absolute atomic E-state index is 0.0381. The highest BCUT2D eigenvalue weighted by atomic mass is 16.7. The third-order valence-corrected chi connectivity index (χ3v) is 19.8. The molecule has 2 amide bonds. The molecular weight excluding hydrogens is 933 g/mol. The lowest BCUT2D eigenvalue weighted by molar-refractivity contribution is -0.130. The van der Waals surface area contributed by atoms with E-state index in [-0.39, 0.29) is 40.9 Å². The number of hydrogen-bond donors (Lipinski definition) is 4. The number of fused-ring (bicyclic) bond motifs is 11. The fourth-order valence-electron chi connectivity index (χ4n) is 16.3. The molecule has 0 bridgehead atoms. The van der Waals surface area contributed by atoms with Gasteiger partial charge in [0.15, 0.2) is 34.5 Å². The number of ketones is 2. The molecule has 400 valence electrons. The molecule has 0 aromatic heterocycles. The molecule has 74 heavy (non-hydrogen) atoms. The summed E-state index contributed by atoms with van der Waals surface area (Å²) < 4.78 is 22.2. The van der Waals surface area contributed by atoms with Crippen LogP contribution in [0.25, 0.3) is 0 Å². The first-order valence-electron chi connectivity index (χ1n) is 28.8. The molecule has 12 nitrogen and oxygen atoms in total. The number of hydrogen-bond acceptors (Lipinski definition) is 10. The van der Waals surface area contributed by atoms with Crippen molar-refractivity contribution in [2.45, 2.75) is 187 Å². The number of rotatable bonds is 15. The lowest BCUT2D eigenvalue weighted by atomic mass is 9.54. The topological polar surface area (TPSA) is 170 Å². The molecule has 11 rings (SSSR count). The van der Waals surface area contributed by atoms with Gasteiger partial charge in [-0.1, -0.05) is 39.2 Å². The van der Waals surface area contributed by atoms with Crippen molar-refractivity contribution in [3.8, 4) is 34.5 Å². The fourth-order valence-corrected chi connectivity index (χ4v) is 16.3. The maximum Gasteiger partial charge on any atom is 0.231 e. The molecule has 3 aromatic rings. The number of carbonyl (C=O) groups is 4. The molecule has 7 aliphatic carbocycles. The van der Waals surface area contributed by atoms with E-state index >= 15 is 0 Å². The first-order chi connectivity index (χ1) is 35.8. The van der Waals surface area contributed by atoms with E-state index in [2.05, 4.69) is 36.6 Å². The second kappa shape index (κ2) is 22.1. The number of aromatic hydroxyl groups is 2. The van der Waals surface area contributed by atoms with Crippen LogP contribution < -0.4 is 29.6 Å². The molecule has 0 spiro atoms. The Balaban J connectivity index is 0.000000170. The predicted octanol–water partition coefficient (Wildman–Crippen LogP) is 11.7. The van der Waals surface area contributed by atoms with E-state index < -0.39 is 0 Å². The Bertz CT molecular complexity index is 2570. The zero-order chi connectivity index (χ0) is 51.7. The molecule has 0 saturated heterocycles. The molecule has 3 aromatic carbocycles. The van der Waals surface area contributed by atoms with E-state index in [0.717, 1.165) is 107 Å². The number of ether oxygens (including phenoxy) is 4. The summed E-state index contributed by atoms with van der Waals surface area (Å²) >= 11 is 0. The van der Waals surface area contributed by atoms with Gasteiger partial charge in [-0.05, 0) is 215 Å². The predicted molar refractivity (Wildman–Crippen MR) is 283 cm³/mol. The Hall–Kier alpha value is -5.26. The van der Waals surface area contributed by atoms with Crippen LogP contribution in [0, 0.1) is 46.3 Å². The normalized spacial score (nSPS) is 30.3. The van der Waals surface area contributed by atoms with Gasteiger partial charge in [0.2, 0.25) is 18.6 Å². The van der Waals surface area contributed by atoms with Crippen molar-refractivity contribution < 1.29 is 48.3 Å². The third kappa shape index (κ3) is 10.4. The highest BCUT2D eigenvalue weighted by Crippen LogP contribution is 2.64. The van der Waals surface area contributed by atoms with Crippen molar-refractivity contribution in [1.29, 1.82) is 0 Å². The van der Waals surface area contributed by atoms with Crippen molar-refractivity contribution in [2.75, 3.05) is 20.0 Å². The van der Waals surface area contributed by atoms with E-state index in [1.807, 2.05) is 44.2 Å². The Kier molecular flexibility index (Phi) is 15.6. The van der Waals surface area contributed by atoms with Gasteiger partial charge in [0, 0.05) is 49.1 Å². The number of carbonyl (C=O) groups excluding carboxylic acids is 4. The first-order valence-corrected chi connectivity index (χ1v) is 28.8. The smallest absolute Gasteiger partial charge is 0.231 e. The molecule has 8 aliphatic rings. The highest BCUT2D eigenvalue weighted by molar-refractivity contribution is 5.88. The molecule has 5 fully saturated rings. The summed E-state index contributed by atoms with van der Waals surface area (Å²) in [6.45, 7) is 10.0. The molecule has 4 N–H and O–H groups in total. The maximum absolute atomic E-state index is 13.3. The first kappa shape index (κ1) is 52.2. The average molecular weight is 1020 g/mol. The molecule has 10 atom stereocenters. The van der Waals surface area contributed by atoms with Crippen LogP contribution in [0.15, 0.2) is 42.5 Å². The van der Waals surface area contributed by atoms with Gasteiger partial charge in [0.1, 0.15) is 11.6 Å². The van der Waals surface area contributed by atoms with Gasteiger partial charge in [-0.25, -0.2) is 0 Å². The largest absolute Gasteiger partial charge is 0.504 e. The molecule has 5 saturated carbocycles. The zero-order valence-electron chi connectivity index (χ0n) is 44.6. The quantitative estimate of drug-likeness (QED) is 0.115. The van der Waals surface area contributed by atoms with E-state index in [4.69, 9.17) is 18.9 Å². The van der Waals surface area contributed by atoms with Crippen LogP contribution >= 0.6 is 0 Å². The molecule has 12 heteroatoms. The van der Waals surface area contributed by atoms with Crippen LogP contribution in [0.4, 0.5) is 0 Å². The second-order valence-electron chi connectivity index (χ2n) is 23.9. The fraction of sp³-hybridized carbons (Fsp3) is 0.645. The van der Waals surface area contributed by atoms with Gasteiger partial charge < -0.3 is 39.8 Å². The van der Waals surface area contributed by atoms with Gasteiger partial charge in [0.25, 0.3) is 0 Å². The van der Waals surface area contributed by atoms with E-state index in [1.165, 1.54) is 41.5 Å². The van der Waals surface area contributed by atoms with Crippen molar-refractivity contribution >= 4 is 23.4 Å². The Morgan fingerprint density at radius 2 is 1.19 bits per heavy atom. The molecule has 0 unspecified atom stereocenters. The summed E-state index contributed by atoms with van der Waals surface area (Å²) in [7, 11) is 0. The minimum Gasteiger partial charge on any atom is -0.504 e. The van der Waals surface area contributed by atoms with Crippen LogP contribution in [-0.4, -0.2) is 59.6 Å².